The fourth-order valence-corrected chi connectivity index (χ4v) is 4.23. The fourth-order valence-electron chi connectivity index (χ4n) is 4.23. The third kappa shape index (κ3) is 4.03. The molecule has 1 aliphatic rings. The Morgan fingerprint density at radius 3 is 2.60 bits per heavy atom. The summed E-state index contributed by atoms with van der Waals surface area (Å²) < 4.78 is 39.4. The largest absolute Gasteiger partial charge is 0.493 e. The van der Waals surface area contributed by atoms with E-state index in [1.807, 2.05) is 18.2 Å². The zero-order valence-corrected chi connectivity index (χ0v) is 17.1. The van der Waals surface area contributed by atoms with Crippen molar-refractivity contribution in [3.63, 3.8) is 0 Å². The molecule has 1 aromatic heterocycles. The summed E-state index contributed by atoms with van der Waals surface area (Å²) in [4.78, 5) is 2.34. The van der Waals surface area contributed by atoms with Crippen LogP contribution in [0.3, 0.4) is 0 Å². The number of H-pyrrole nitrogens is 1. The second kappa shape index (κ2) is 8.83. The number of nitrogens with one attached hydrogen (secondary N) is 1. The molecule has 1 atom stereocenters. The first-order chi connectivity index (χ1) is 14.6. The Balaban J connectivity index is 1.54. The minimum atomic E-state index is -0.573. The highest BCUT2D eigenvalue weighted by Gasteiger charge is 2.27. The smallest absolute Gasteiger partial charge is 0.161 e. The van der Waals surface area contributed by atoms with Gasteiger partial charge < -0.3 is 9.47 Å². The number of ether oxygens (including phenoxy) is 2. The van der Waals surface area contributed by atoms with E-state index in [4.69, 9.17) is 9.47 Å². The Bertz CT molecular complexity index is 1000. The predicted octanol–water partition coefficient (Wildman–Crippen LogP) is 4.75. The van der Waals surface area contributed by atoms with Gasteiger partial charge in [-0.1, -0.05) is 12.1 Å². The van der Waals surface area contributed by atoms with Crippen LogP contribution in [0, 0.1) is 11.6 Å². The summed E-state index contributed by atoms with van der Waals surface area (Å²) in [6.07, 6.45) is 3.45. The molecule has 0 bridgehead atoms. The van der Waals surface area contributed by atoms with Crippen LogP contribution in [-0.4, -0.2) is 42.4 Å². The molecule has 158 valence electrons. The highest BCUT2D eigenvalue weighted by molar-refractivity contribution is 5.67. The first-order valence-corrected chi connectivity index (χ1v) is 10.0. The monoisotopic (exact) mass is 413 g/mol. The molecular weight excluding hydrogens is 388 g/mol. The summed E-state index contributed by atoms with van der Waals surface area (Å²) in [7, 11) is 3.24. The fraction of sp³-hybridized carbons (Fsp3) is 0.348. The number of aromatic nitrogens is 2. The van der Waals surface area contributed by atoms with E-state index in [1.54, 1.807) is 14.2 Å². The van der Waals surface area contributed by atoms with E-state index in [1.165, 1.54) is 24.4 Å². The van der Waals surface area contributed by atoms with E-state index >= 15 is 0 Å². The number of methoxy groups -OCH3 is 2. The Morgan fingerprint density at radius 2 is 1.87 bits per heavy atom. The lowest BCUT2D eigenvalue weighted by atomic mass is 9.90. The van der Waals surface area contributed by atoms with Crippen LogP contribution in [0.25, 0.3) is 11.1 Å². The predicted molar refractivity (Wildman–Crippen MR) is 111 cm³/mol. The summed E-state index contributed by atoms with van der Waals surface area (Å²) in [6, 6.07) is 9.85. The van der Waals surface area contributed by atoms with Gasteiger partial charge in [0.25, 0.3) is 0 Å². The molecule has 2 heterocycles. The molecule has 1 unspecified atom stereocenters. The Kier molecular flexibility index (Phi) is 5.99. The molecule has 5 nitrogen and oxygen atoms in total. The molecule has 7 heteroatoms. The van der Waals surface area contributed by atoms with Gasteiger partial charge in [-0.3, -0.25) is 10.00 Å². The van der Waals surface area contributed by atoms with E-state index in [-0.39, 0.29) is 11.5 Å². The molecule has 0 spiro atoms. The van der Waals surface area contributed by atoms with Crippen molar-refractivity contribution in [3.05, 3.63) is 65.5 Å². The highest BCUT2D eigenvalue weighted by Crippen LogP contribution is 2.36. The molecule has 1 fully saturated rings. The quantitative estimate of drug-likeness (QED) is 0.634. The Labute approximate surface area is 174 Å². The number of nitrogens with zero attached hydrogens (tertiary/aromatic N) is 2. The number of aromatic amines is 1. The molecule has 0 saturated carbocycles. The van der Waals surface area contributed by atoms with Gasteiger partial charge in [-0.05, 0) is 49.2 Å². The number of hydrogen-bond donors (Lipinski definition) is 1. The van der Waals surface area contributed by atoms with E-state index in [0.29, 0.717) is 17.1 Å². The van der Waals surface area contributed by atoms with Crippen LogP contribution in [-0.2, 0) is 6.54 Å². The number of halogens is 2. The summed E-state index contributed by atoms with van der Waals surface area (Å²) in [5, 5.41) is 7.10. The van der Waals surface area contributed by atoms with Crippen LogP contribution in [0.4, 0.5) is 8.78 Å². The maximum absolute atomic E-state index is 14.3. The van der Waals surface area contributed by atoms with Crippen molar-refractivity contribution in [3.8, 4) is 22.6 Å². The molecule has 1 N–H and O–H groups in total. The molecule has 0 radical (unpaired) electrons. The molecule has 4 rings (SSSR count). The second-order valence-corrected chi connectivity index (χ2v) is 7.56. The topological polar surface area (TPSA) is 50.4 Å². The SMILES string of the molecule is COc1ccc(CN2CCCC(c3[nH]ncc3-c3c(F)cccc3F)C2)cc1OC. The summed E-state index contributed by atoms with van der Waals surface area (Å²) >= 11 is 0. The van der Waals surface area contributed by atoms with Crippen molar-refractivity contribution in [1.82, 2.24) is 15.1 Å². The van der Waals surface area contributed by atoms with Gasteiger partial charge in [0.1, 0.15) is 11.6 Å². The maximum Gasteiger partial charge on any atom is 0.161 e. The summed E-state index contributed by atoms with van der Waals surface area (Å²) in [5.41, 5.74) is 2.40. The Hall–Kier alpha value is -2.93. The van der Waals surface area contributed by atoms with Gasteiger partial charge in [-0.2, -0.15) is 5.10 Å². The van der Waals surface area contributed by atoms with Crippen molar-refractivity contribution in [2.45, 2.75) is 25.3 Å². The average Bonchev–Trinajstić information content (AvgIpc) is 3.23. The van der Waals surface area contributed by atoms with Gasteiger partial charge in [0, 0.05) is 30.3 Å². The third-order valence-electron chi connectivity index (χ3n) is 5.67. The van der Waals surface area contributed by atoms with Crippen molar-refractivity contribution in [1.29, 1.82) is 0 Å². The number of rotatable bonds is 6. The van der Waals surface area contributed by atoms with Crippen LogP contribution in [0.15, 0.2) is 42.6 Å². The zero-order valence-electron chi connectivity index (χ0n) is 17.1. The lowest BCUT2D eigenvalue weighted by Crippen LogP contribution is -2.34. The van der Waals surface area contributed by atoms with Gasteiger partial charge in [0.15, 0.2) is 11.5 Å². The van der Waals surface area contributed by atoms with Gasteiger partial charge in [0.05, 0.1) is 26.0 Å². The number of piperidine rings is 1. The minimum Gasteiger partial charge on any atom is -0.493 e. The third-order valence-corrected chi connectivity index (χ3v) is 5.67. The maximum atomic E-state index is 14.3. The van der Waals surface area contributed by atoms with Gasteiger partial charge in [0.2, 0.25) is 0 Å². The lowest BCUT2D eigenvalue weighted by molar-refractivity contribution is 0.198. The minimum absolute atomic E-state index is 0.0155. The Morgan fingerprint density at radius 1 is 1.10 bits per heavy atom. The molecule has 0 amide bonds. The lowest BCUT2D eigenvalue weighted by Gasteiger charge is -2.32. The van der Waals surface area contributed by atoms with Gasteiger partial charge in [-0.25, -0.2) is 8.78 Å². The number of likely N-dealkylation sites (tertiary alicyclic amines) is 1. The van der Waals surface area contributed by atoms with Crippen LogP contribution in [0.1, 0.15) is 30.0 Å². The molecule has 1 aliphatic heterocycles. The standard InChI is InChI=1S/C23H25F2N3O2/c1-29-20-9-8-15(11-21(20)30-2)13-28-10-4-5-16(14-28)23-17(12-26-27-23)22-18(24)6-3-7-19(22)25/h3,6-9,11-12,16H,4-5,10,13-14H2,1-2H3,(H,26,27). The van der Waals surface area contributed by atoms with Crippen LogP contribution in [0.5, 0.6) is 11.5 Å². The molecule has 2 aromatic carbocycles. The highest BCUT2D eigenvalue weighted by atomic mass is 19.1. The molecular formula is C23H25F2N3O2. The van der Waals surface area contributed by atoms with Gasteiger partial charge >= 0.3 is 0 Å². The normalized spacial score (nSPS) is 17.1. The average molecular weight is 413 g/mol. The summed E-state index contributed by atoms with van der Waals surface area (Å²) in [5.74, 6) is 0.378. The van der Waals surface area contributed by atoms with Crippen LogP contribution >= 0.6 is 0 Å². The molecule has 0 aliphatic carbocycles. The first-order valence-electron chi connectivity index (χ1n) is 10.0. The van der Waals surface area contributed by atoms with E-state index < -0.39 is 11.6 Å². The van der Waals surface area contributed by atoms with E-state index in [2.05, 4.69) is 15.1 Å². The van der Waals surface area contributed by atoms with Crippen molar-refractivity contribution >= 4 is 0 Å². The summed E-state index contributed by atoms with van der Waals surface area (Å²) in [6.45, 7) is 2.50. The first kappa shape index (κ1) is 20.3. The van der Waals surface area contributed by atoms with E-state index in [0.717, 1.165) is 43.7 Å². The van der Waals surface area contributed by atoms with E-state index in [9.17, 15) is 8.78 Å². The number of hydrogen-bond acceptors (Lipinski definition) is 4. The molecule has 30 heavy (non-hydrogen) atoms. The molecule has 3 aromatic rings. The van der Waals surface area contributed by atoms with Crippen molar-refractivity contribution < 1.29 is 18.3 Å². The van der Waals surface area contributed by atoms with Crippen molar-refractivity contribution in [2.24, 2.45) is 0 Å². The second-order valence-electron chi connectivity index (χ2n) is 7.56. The van der Waals surface area contributed by atoms with Gasteiger partial charge in [-0.15, -0.1) is 0 Å². The number of benzene rings is 2. The van der Waals surface area contributed by atoms with Crippen molar-refractivity contribution in [2.75, 3.05) is 27.3 Å². The van der Waals surface area contributed by atoms with Crippen LogP contribution in [0.2, 0.25) is 0 Å². The molecule has 1 saturated heterocycles. The van der Waals surface area contributed by atoms with Crippen LogP contribution < -0.4 is 9.47 Å². The zero-order chi connectivity index (χ0) is 21.1.